The van der Waals surface area contributed by atoms with Crippen LogP contribution in [0.2, 0.25) is 5.02 Å². The summed E-state index contributed by atoms with van der Waals surface area (Å²) in [5.41, 5.74) is 6.41. The first kappa shape index (κ1) is 22.6. The van der Waals surface area contributed by atoms with E-state index in [0.717, 1.165) is 28.4 Å². The second-order valence-electron chi connectivity index (χ2n) is 8.08. The minimum atomic E-state index is -0.166. The lowest BCUT2D eigenvalue weighted by molar-refractivity contribution is 0.102. The summed E-state index contributed by atoms with van der Waals surface area (Å²) in [4.78, 5) is 12.9. The van der Waals surface area contributed by atoms with Gasteiger partial charge in [-0.3, -0.25) is 9.48 Å². The van der Waals surface area contributed by atoms with Crippen molar-refractivity contribution >= 4 is 23.2 Å². The Hall–Kier alpha value is -3.57. The lowest BCUT2D eigenvalue weighted by Gasteiger charge is -2.09. The minimum absolute atomic E-state index is 0.166. The fraction of sp³-hybridized carbons (Fsp3) is 0.185. The Morgan fingerprint density at radius 1 is 0.909 bits per heavy atom. The maximum atomic E-state index is 12.9. The van der Waals surface area contributed by atoms with Gasteiger partial charge in [0.05, 0.1) is 23.6 Å². The molecular weight excluding hydrogens is 434 g/mol. The van der Waals surface area contributed by atoms with E-state index in [4.69, 9.17) is 16.3 Å². The zero-order chi connectivity index (χ0) is 23.4. The molecule has 0 bridgehead atoms. The van der Waals surface area contributed by atoms with E-state index in [1.54, 1.807) is 24.3 Å². The summed E-state index contributed by atoms with van der Waals surface area (Å²) in [7, 11) is 0. The third-order valence-corrected chi connectivity index (χ3v) is 5.76. The molecule has 1 heterocycles. The Bertz CT molecular complexity index is 1240. The first-order valence-electron chi connectivity index (χ1n) is 10.8. The molecule has 1 aromatic heterocycles. The molecule has 3 aromatic carbocycles. The van der Waals surface area contributed by atoms with E-state index < -0.39 is 0 Å². The van der Waals surface area contributed by atoms with Crippen LogP contribution in [0.5, 0.6) is 5.75 Å². The van der Waals surface area contributed by atoms with Gasteiger partial charge in [0, 0.05) is 10.6 Å². The highest BCUT2D eigenvalue weighted by atomic mass is 35.5. The van der Waals surface area contributed by atoms with Crippen molar-refractivity contribution in [1.29, 1.82) is 0 Å². The van der Waals surface area contributed by atoms with E-state index in [9.17, 15) is 4.79 Å². The normalized spacial score (nSPS) is 10.8. The van der Waals surface area contributed by atoms with Crippen LogP contribution < -0.4 is 10.1 Å². The Morgan fingerprint density at radius 3 is 2.21 bits per heavy atom. The first-order valence-corrected chi connectivity index (χ1v) is 11.1. The van der Waals surface area contributed by atoms with E-state index in [2.05, 4.69) is 41.6 Å². The number of aryl methyl sites for hydroxylation is 2. The number of anilines is 1. The van der Waals surface area contributed by atoms with Gasteiger partial charge in [0.2, 0.25) is 0 Å². The Balaban J connectivity index is 1.40. The number of benzene rings is 3. The van der Waals surface area contributed by atoms with Gasteiger partial charge in [-0.15, -0.1) is 0 Å². The Morgan fingerprint density at radius 2 is 1.55 bits per heavy atom. The van der Waals surface area contributed by atoms with Crippen molar-refractivity contribution in [1.82, 2.24) is 9.78 Å². The summed E-state index contributed by atoms with van der Waals surface area (Å²) >= 11 is 5.90. The van der Waals surface area contributed by atoms with E-state index in [1.165, 1.54) is 11.1 Å². The standard InChI is InChI=1S/C27H26ClN3O2/c1-18-4-6-21(7-5-18)16-31-20(3)26(19(2)30-31)29-27(32)23-10-8-22(9-11-23)17-33-25-14-12-24(28)13-15-25/h4-15H,16-17H2,1-3H3,(H,29,32). The van der Waals surface area contributed by atoms with Crippen LogP contribution in [0.4, 0.5) is 5.69 Å². The third kappa shape index (κ3) is 5.62. The summed E-state index contributed by atoms with van der Waals surface area (Å²) in [6, 6.07) is 23.0. The van der Waals surface area contributed by atoms with E-state index in [-0.39, 0.29) is 5.91 Å². The number of hydrogen-bond acceptors (Lipinski definition) is 3. The summed E-state index contributed by atoms with van der Waals surface area (Å²) in [6.45, 7) is 7.02. The van der Waals surface area contributed by atoms with Gasteiger partial charge < -0.3 is 10.1 Å². The van der Waals surface area contributed by atoms with E-state index >= 15 is 0 Å². The highest BCUT2D eigenvalue weighted by Crippen LogP contribution is 2.22. The van der Waals surface area contributed by atoms with Gasteiger partial charge in [-0.2, -0.15) is 5.10 Å². The highest BCUT2D eigenvalue weighted by molar-refractivity contribution is 6.30. The molecular formula is C27H26ClN3O2. The molecule has 0 unspecified atom stereocenters. The van der Waals surface area contributed by atoms with Gasteiger partial charge in [-0.25, -0.2) is 0 Å². The fourth-order valence-electron chi connectivity index (χ4n) is 3.53. The molecule has 4 rings (SSSR count). The minimum Gasteiger partial charge on any atom is -0.489 e. The van der Waals surface area contributed by atoms with Crippen LogP contribution >= 0.6 is 11.6 Å². The molecule has 0 atom stereocenters. The number of aromatic nitrogens is 2. The zero-order valence-electron chi connectivity index (χ0n) is 18.9. The maximum absolute atomic E-state index is 12.9. The fourth-order valence-corrected chi connectivity index (χ4v) is 3.66. The van der Waals surface area contributed by atoms with Gasteiger partial charge in [0.25, 0.3) is 5.91 Å². The molecule has 6 heteroatoms. The van der Waals surface area contributed by atoms with Gasteiger partial charge in [0.1, 0.15) is 12.4 Å². The van der Waals surface area contributed by atoms with Crippen molar-refractivity contribution in [3.63, 3.8) is 0 Å². The average Bonchev–Trinajstić information content (AvgIpc) is 3.08. The number of ether oxygens (including phenoxy) is 1. The van der Waals surface area contributed by atoms with Gasteiger partial charge in [-0.05, 0) is 68.3 Å². The summed E-state index contributed by atoms with van der Waals surface area (Å²) in [5.74, 6) is 0.580. The zero-order valence-corrected chi connectivity index (χ0v) is 19.7. The molecule has 0 aliphatic heterocycles. The molecule has 0 saturated carbocycles. The van der Waals surface area contributed by atoms with Crippen molar-refractivity contribution in [2.45, 2.75) is 33.9 Å². The predicted molar refractivity (Wildman–Crippen MR) is 132 cm³/mol. The lowest BCUT2D eigenvalue weighted by Crippen LogP contribution is -2.13. The van der Waals surface area contributed by atoms with Gasteiger partial charge >= 0.3 is 0 Å². The van der Waals surface area contributed by atoms with Crippen LogP contribution in [-0.2, 0) is 13.2 Å². The summed E-state index contributed by atoms with van der Waals surface area (Å²) in [5, 5.41) is 8.32. The number of carbonyl (C=O) groups excluding carboxylic acids is 1. The highest BCUT2D eigenvalue weighted by Gasteiger charge is 2.15. The second-order valence-corrected chi connectivity index (χ2v) is 8.52. The van der Waals surface area contributed by atoms with Crippen molar-refractivity contribution in [3.05, 3.63) is 111 Å². The summed E-state index contributed by atoms with van der Waals surface area (Å²) < 4.78 is 7.69. The number of rotatable bonds is 7. The number of carbonyl (C=O) groups is 1. The van der Waals surface area contributed by atoms with Gasteiger partial charge in [0.15, 0.2) is 0 Å². The molecule has 0 fully saturated rings. The van der Waals surface area contributed by atoms with Crippen LogP contribution in [0.15, 0.2) is 72.8 Å². The molecule has 0 saturated heterocycles. The van der Waals surface area contributed by atoms with E-state index in [1.807, 2.05) is 42.8 Å². The Kier molecular flexibility index (Phi) is 6.80. The summed E-state index contributed by atoms with van der Waals surface area (Å²) in [6.07, 6.45) is 0. The molecule has 168 valence electrons. The van der Waals surface area contributed by atoms with Crippen LogP contribution in [0, 0.1) is 20.8 Å². The van der Waals surface area contributed by atoms with Crippen LogP contribution in [0.25, 0.3) is 0 Å². The molecule has 1 N–H and O–H groups in total. The van der Waals surface area contributed by atoms with Crippen LogP contribution in [0.3, 0.4) is 0 Å². The first-order chi connectivity index (χ1) is 15.9. The Labute approximate surface area is 199 Å². The molecule has 4 aromatic rings. The smallest absolute Gasteiger partial charge is 0.255 e. The molecule has 1 amide bonds. The molecule has 5 nitrogen and oxygen atoms in total. The second kappa shape index (κ2) is 9.92. The SMILES string of the molecule is Cc1ccc(Cn2nc(C)c(NC(=O)c3ccc(COc4ccc(Cl)cc4)cc3)c2C)cc1. The molecule has 0 spiro atoms. The van der Waals surface area contributed by atoms with Gasteiger partial charge in [-0.1, -0.05) is 53.6 Å². The van der Waals surface area contributed by atoms with Crippen molar-refractivity contribution in [3.8, 4) is 5.75 Å². The van der Waals surface area contributed by atoms with Crippen LogP contribution in [0.1, 0.15) is 38.4 Å². The van der Waals surface area contributed by atoms with E-state index in [0.29, 0.717) is 23.7 Å². The number of halogens is 1. The number of nitrogens with one attached hydrogen (secondary N) is 1. The third-order valence-electron chi connectivity index (χ3n) is 5.51. The predicted octanol–water partition coefficient (Wildman–Crippen LogP) is 6.34. The molecule has 0 aliphatic carbocycles. The monoisotopic (exact) mass is 459 g/mol. The van der Waals surface area contributed by atoms with Crippen molar-refractivity contribution in [2.75, 3.05) is 5.32 Å². The molecule has 33 heavy (non-hydrogen) atoms. The van der Waals surface area contributed by atoms with Crippen LogP contribution in [-0.4, -0.2) is 15.7 Å². The molecule has 0 aliphatic rings. The lowest BCUT2D eigenvalue weighted by atomic mass is 10.1. The molecule has 0 radical (unpaired) electrons. The topological polar surface area (TPSA) is 56.2 Å². The average molecular weight is 460 g/mol. The van der Waals surface area contributed by atoms with Crippen molar-refractivity contribution < 1.29 is 9.53 Å². The van der Waals surface area contributed by atoms with Crippen molar-refractivity contribution in [2.24, 2.45) is 0 Å². The number of amides is 1. The quantitative estimate of drug-likeness (QED) is 0.350. The largest absolute Gasteiger partial charge is 0.489 e. The maximum Gasteiger partial charge on any atom is 0.255 e. The number of nitrogens with zero attached hydrogens (tertiary/aromatic N) is 2. The number of hydrogen-bond donors (Lipinski definition) is 1.